The highest BCUT2D eigenvalue weighted by Crippen LogP contribution is 2.24. The molecule has 4 rings (SSSR count). The normalized spacial score (nSPS) is 11.3. The summed E-state index contributed by atoms with van der Waals surface area (Å²) in [6.45, 7) is 0. The first-order valence-electron chi connectivity index (χ1n) is 8.96. The average Bonchev–Trinajstić information content (AvgIpc) is 3.39. The van der Waals surface area contributed by atoms with Crippen LogP contribution >= 0.6 is 0 Å². The number of benzene rings is 2. The maximum atomic E-state index is 10.1. The minimum Gasteiger partial charge on any atom is -0.508 e. The lowest BCUT2D eigenvalue weighted by Gasteiger charge is -2.06. The van der Waals surface area contributed by atoms with Crippen molar-refractivity contribution in [2.24, 2.45) is 0 Å². The monoisotopic (exact) mass is 372 g/mol. The van der Waals surface area contributed by atoms with Crippen molar-refractivity contribution in [1.82, 2.24) is 19.9 Å². The molecule has 4 N–H and O–H groups in total. The molecule has 2 heterocycles. The Morgan fingerprint density at radius 2 is 1.18 bits per heavy atom. The van der Waals surface area contributed by atoms with Crippen LogP contribution in [0, 0.1) is 0 Å². The summed E-state index contributed by atoms with van der Waals surface area (Å²) in [6, 6.07) is 11.0. The third-order valence-electron chi connectivity index (χ3n) is 4.50. The number of nitrogens with one attached hydrogen (secondary N) is 2. The van der Waals surface area contributed by atoms with Crippen LogP contribution in [0.1, 0.15) is 33.9 Å². The summed E-state index contributed by atoms with van der Waals surface area (Å²) in [6.07, 6.45) is 12.0. The summed E-state index contributed by atoms with van der Waals surface area (Å²) >= 11 is 0. The minimum atomic E-state index is 0.249. The summed E-state index contributed by atoms with van der Waals surface area (Å²) in [7, 11) is 0. The van der Waals surface area contributed by atoms with Crippen LogP contribution in [0.3, 0.4) is 0 Å². The van der Waals surface area contributed by atoms with E-state index in [0.29, 0.717) is 12.8 Å². The van der Waals surface area contributed by atoms with Gasteiger partial charge in [-0.15, -0.1) is 0 Å². The second-order valence-electron chi connectivity index (χ2n) is 6.53. The number of rotatable bonds is 6. The number of imidazole rings is 2. The van der Waals surface area contributed by atoms with E-state index in [0.717, 1.165) is 33.9 Å². The average molecular weight is 372 g/mol. The Bertz CT molecular complexity index is 996. The molecule has 2 aromatic heterocycles. The number of aromatic nitrogens is 4. The van der Waals surface area contributed by atoms with Crippen molar-refractivity contribution >= 4 is 12.2 Å². The molecule has 0 aliphatic rings. The zero-order valence-corrected chi connectivity index (χ0v) is 15.1. The molecule has 6 heteroatoms. The molecule has 2 aromatic carbocycles. The van der Waals surface area contributed by atoms with Gasteiger partial charge in [0.15, 0.2) is 0 Å². The highest BCUT2D eigenvalue weighted by atomic mass is 16.3. The lowest BCUT2D eigenvalue weighted by atomic mass is 10.0. The Morgan fingerprint density at radius 1 is 0.714 bits per heavy atom. The first kappa shape index (κ1) is 17.6. The molecule has 0 saturated heterocycles. The summed E-state index contributed by atoms with van der Waals surface area (Å²) in [5.41, 5.74) is 3.56. The molecule has 0 aliphatic carbocycles. The van der Waals surface area contributed by atoms with Crippen molar-refractivity contribution in [2.75, 3.05) is 0 Å². The first-order chi connectivity index (χ1) is 13.7. The molecule has 6 nitrogen and oxygen atoms in total. The fourth-order valence-electron chi connectivity index (χ4n) is 3.04. The van der Waals surface area contributed by atoms with Gasteiger partial charge in [0.25, 0.3) is 0 Å². The number of nitrogens with zero attached hydrogens (tertiary/aromatic N) is 2. The Morgan fingerprint density at radius 3 is 1.57 bits per heavy atom. The Kier molecular flexibility index (Phi) is 4.93. The second kappa shape index (κ2) is 7.84. The van der Waals surface area contributed by atoms with Gasteiger partial charge in [-0.1, -0.05) is 24.3 Å². The summed E-state index contributed by atoms with van der Waals surface area (Å²) < 4.78 is 0. The van der Waals surface area contributed by atoms with Crippen molar-refractivity contribution in [3.63, 3.8) is 0 Å². The van der Waals surface area contributed by atoms with Crippen molar-refractivity contribution < 1.29 is 10.2 Å². The maximum Gasteiger partial charge on any atom is 0.119 e. The van der Waals surface area contributed by atoms with E-state index >= 15 is 0 Å². The van der Waals surface area contributed by atoms with Gasteiger partial charge in [0.05, 0.1) is 0 Å². The molecule has 0 bridgehead atoms. The molecule has 0 atom stereocenters. The molecule has 0 amide bonds. The van der Waals surface area contributed by atoms with Gasteiger partial charge >= 0.3 is 0 Å². The van der Waals surface area contributed by atoms with Crippen LogP contribution in [0.2, 0.25) is 0 Å². The van der Waals surface area contributed by atoms with Crippen LogP contribution in [-0.4, -0.2) is 30.1 Å². The van der Waals surface area contributed by atoms with E-state index in [1.54, 1.807) is 36.9 Å². The van der Waals surface area contributed by atoms with Crippen LogP contribution in [-0.2, 0) is 12.8 Å². The topological polar surface area (TPSA) is 97.8 Å². The van der Waals surface area contributed by atoms with Gasteiger partial charge in [0.1, 0.15) is 23.1 Å². The number of hydrogen-bond acceptors (Lipinski definition) is 4. The van der Waals surface area contributed by atoms with Crippen LogP contribution in [0.5, 0.6) is 11.5 Å². The molecular formula is C22H20N4O2. The molecule has 0 aliphatic heterocycles. The lowest BCUT2D eigenvalue weighted by molar-refractivity contribution is 0.468. The van der Waals surface area contributed by atoms with E-state index in [4.69, 9.17) is 0 Å². The molecule has 4 aromatic rings. The van der Waals surface area contributed by atoms with Crippen molar-refractivity contribution in [2.45, 2.75) is 12.8 Å². The molecular weight excluding hydrogens is 352 g/mol. The standard InChI is InChI=1S/C22H20N4O2/c27-19-5-3-15(11-17(19)13-21-23-7-8-24-21)1-2-16-4-6-20(28)18(12-16)14-22-25-9-10-26-22/h1-12,27-28H,13-14H2,(H,23,24)(H,25,26). The number of aromatic hydroxyl groups is 2. The van der Waals surface area contributed by atoms with Crippen LogP contribution < -0.4 is 0 Å². The van der Waals surface area contributed by atoms with Gasteiger partial charge in [-0.3, -0.25) is 0 Å². The zero-order valence-electron chi connectivity index (χ0n) is 15.1. The molecule has 28 heavy (non-hydrogen) atoms. The molecule has 140 valence electrons. The van der Waals surface area contributed by atoms with Gasteiger partial charge in [-0.2, -0.15) is 0 Å². The number of hydrogen-bond donors (Lipinski definition) is 4. The molecule has 0 radical (unpaired) electrons. The van der Waals surface area contributed by atoms with Crippen LogP contribution in [0.25, 0.3) is 12.2 Å². The number of phenolic OH excluding ortho intramolecular Hbond substituents is 2. The number of aromatic amines is 2. The predicted octanol–water partition coefficient (Wildman–Crippen LogP) is 3.90. The number of H-pyrrole nitrogens is 2. The van der Waals surface area contributed by atoms with E-state index in [1.165, 1.54) is 0 Å². The van der Waals surface area contributed by atoms with Crippen molar-refractivity contribution in [1.29, 1.82) is 0 Å². The Labute approximate surface area is 162 Å². The largest absolute Gasteiger partial charge is 0.508 e. The highest BCUT2D eigenvalue weighted by molar-refractivity contribution is 5.71. The number of phenols is 2. The fraction of sp³-hybridized carbons (Fsp3) is 0.0909. The summed E-state index contributed by atoms with van der Waals surface area (Å²) in [4.78, 5) is 14.5. The van der Waals surface area contributed by atoms with Gasteiger partial charge in [0, 0.05) is 48.8 Å². The maximum absolute atomic E-state index is 10.1. The van der Waals surface area contributed by atoms with Gasteiger partial charge in [-0.05, 0) is 35.4 Å². The zero-order chi connectivity index (χ0) is 19.3. The minimum absolute atomic E-state index is 0.249. The smallest absolute Gasteiger partial charge is 0.119 e. The molecule has 0 spiro atoms. The first-order valence-corrected chi connectivity index (χ1v) is 8.96. The van der Waals surface area contributed by atoms with Crippen LogP contribution in [0.15, 0.2) is 61.2 Å². The predicted molar refractivity (Wildman–Crippen MR) is 108 cm³/mol. The van der Waals surface area contributed by atoms with E-state index in [-0.39, 0.29) is 11.5 Å². The van der Waals surface area contributed by atoms with Gasteiger partial charge in [-0.25, -0.2) is 9.97 Å². The third-order valence-corrected chi connectivity index (χ3v) is 4.50. The Balaban J connectivity index is 1.54. The van der Waals surface area contributed by atoms with E-state index in [9.17, 15) is 10.2 Å². The SMILES string of the molecule is Oc1ccc(C=Cc2ccc(O)c(Cc3ncc[nH]3)c2)cc1Cc1ncc[nH]1. The summed E-state index contributed by atoms with van der Waals surface area (Å²) in [5.74, 6) is 2.10. The molecule has 0 fully saturated rings. The fourth-order valence-corrected chi connectivity index (χ4v) is 3.04. The molecule has 0 saturated carbocycles. The van der Waals surface area contributed by atoms with E-state index < -0.39 is 0 Å². The summed E-state index contributed by atoms with van der Waals surface area (Å²) in [5, 5.41) is 20.2. The van der Waals surface area contributed by atoms with E-state index in [1.807, 2.05) is 36.4 Å². The van der Waals surface area contributed by atoms with Crippen LogP contribution in [0.4, 0.5) is 0 Å². The highest BCUT2D eigenvalue weighted by Gasteiger charge is 2.06. The third kappa shape index (κ3) is 4.12. The van der Waals surface area contributed by atoms with Gasteiger partial charge in [0.2, 0.25) is 0 Å². The molecule has 0 unspecified atom stereocenters. The van der Waals surface area contributed by atoms with Crippen molar-refractivity contribution in [3.05, 3.63) is 95.1 Å². The van der Waals surface area contributed by atoms with Gasteiger partial charge < -0.3 is 20.2 Å². The van der Waals surface area contributed by atoms with Crippen molar-refractivity contribution in [3.8, 4) is 11.5 Å². The quantitative estimate of drug-likeness (QED) is 0.386. The van der Waals surface area contributed by atoms with E-state index in [2.05, 4.69) is 19.9 Å². The Hall–Kier alpha value is -3.80. The second-order valence-corrected chi connectivity index (χ2v) is 6.53. The lowest BCUT2D eigenvalue weighted by Crippen LogP contribution is -1.92.